The summed E-state index contributed by atoms with van der Waals surface area (Å²) in [7, 11) is 0. The lowest BCUT2D eigenvalue weighted by Gasteiger charge is -2.33. The van der Waals surface area contributed by atoms with E-state index in [0.717, 1.165) is 6.07 Å². The van der Waals surface area contributed by atoms with Gasteiger partial charge in [0.15, 0.2) is 4.87 Å². The number of hydrogen-bond donors (Lipinski definition) is 0. The van der Waals surface area contributed by atoms with Crippen molar-refractivity contribution in [3.05, 3.63) is 100 Å². The van der Waals surface area contributed by atoms with Gasteiger partial charge in [-0.1, -0.05) is 41.9 Å². The number of carbonyl (C=O) groups excluding carboxylic acids is 2. The summed E-state index contributed by atoms with van der Waals surface area (Å²) in [5, 5.41) is 0.434. The minimum Gasteiger partial charge on any atom is -0.311 e. The molecule has 2 aliphatic rings. The maximum atomic E-state index is 14.4. The Balaban J connectivity index is 1.58. The Labute approximate surface area is 192 Å². The van der Waals surface area contributed by atoms with Crippen molar-refractivity contribution in [2.75, 3.05) is 17.2 Å². The second-order valence-corrected chi connectivity index (χ2v) is 9.33. The molecule has 0 N–H and O–H groups in total. The zero-order valence-corrected chi connectivity index (χ0v) is 18.3. The fraction of sp³-hybridized carbons (Fsp3) is 0.167. The summed E-state index contributed by atoms with van der Waals surface area (Å²) < 4.78 is 27.7. The number of nitrogens with zero attached hydrogens (tertiary/aromatic N) is 2. The lowest BCUT2D eigenvalue weighted by Crippen LogP contribution is -2.50. The number of thioether (sulfide) groups is 1. The first-order valence-corrected chi connectivity index (χ1v) is 11.3. The van der Waals surface area contributed by atoms with Crippen LogP contribution in [0.5, 0.6) is 0 Å². The van der Waals surface area contributed by atoms with E-state index < -0.39 is 16.5 Å². The summed E-state index contributed by atoms with van der Waals surface area (Å²) in [6, 6.07) is 17.1. The Kier molecular flexibility index (Phi) is 5.18. The van der Waals surface area contributed by atoms with Crippen molar-refractivity contribution in [2.24, 2.45) is 0 Å². The summed E-state index contributed by atoms with van der Waals surface area (Å²) in [5.41, 5.74) is 1.89. The van der Waals surface area contributed by atoms with E-state index in [4.69, 9.17) is 11.6 Å². The lowest BCUT2D eigenvalue weighted by molar-refractivity contribution is -0.123. The highest BCUT2D eigenvalue weighted by molar-refractivity contribution is 8.01. The summed E-state index contributed by atoms with van der Waals surface area (Å²) >= 11 is 7.47. The van der Waals surface area contributed by atoms with Crippen LogP contribution >= 0.6 is 23.4 Å². The molecule has 0 saturated carbocycles. The number of hydrogen-bond acceptors (Lipinski definition) is 3. The van der Waals surface area contributed by atoms with Gasteiger partial charge in [-0.15, -0.1) is 11.8 Å². The van der Waals surface area contributed by atoms with E-state index in [1.807, 2.05) is 12.1 Å². The van der Waals surface area contributed by atoms with Crippen LogP contribution in [0.1, 0.15) is 21.5 Å². The van der Waals surface area contributed by atoms with Crippen LogP contribution in [0.3, 0.4) is 0 Å². The van der Waals surface area contributed by atoms with Crippen molar-refractivity contribution in [3.63, 3.8) is 0 Å². The molecule has 4 nitrogen and oxygen atoms in total. The van der Waals surface area contributed by atoms with Crippen LogP contribution in [0.4, 0.5) is 14.5 Å². The molecule has 1 unspecified atom stereocenters. The number of para-hydroxylation sites is 1. The Morgan fingerprint density at radius 1 is 1.06 bits per heavy atom. The van der Waals surface area contributed by atoms with E-state index >= 15 is 0 Å². The Morgan fingerprint density at radius 3 is 2.66 bits per heavy atom. The molecule has 0 aromatic heterocycles. The van der Waals surface area contributed by atoms with Crippen LogP contribution in [0.15, 0.2) is 66.7 Å². The van der Waals surface area contributed by atoms with Crippen molar-refractivity contribution in [3.8, 4) is 0 Å². The van der Waals surface area contributed by atoms with Crippen LogP contribution in [-0.4, -0.2) is 29.0 Å². The largest absolute Gasteiger partial charge is 0.311 e. The average molecular weight is 471 g/mol. The normalized spacial score (nSPS) is 19.7. The standard InChI is InChI=1S/C24H17ClF2N2O2S/c25-17-5-3-4-15(12-17)22(30)29-10-11-32-24(29)19-6-1-2-7-21(19)28(23(24)31)14-16-8-9-18(26)13-20(16)27/h1-9,12-13H,10-11,14H2. The smallest absolute Gasteiger partial charge is 0.268 e. The molecule has 8 heteroatoms. The third kappa shape index (κ3) is 3.19. The predicted molar refractivity (Wildman–Crippen MR) is 121 cm³/mol. The zero-order valence-electron chi connectivity index (χ0n) is 16.7. The minimum atomic E-state index is -1.24. The molecule has 5 rings (SSSR count). The monoisotopic (exact) mass is 470 g/mol. The number of rotatable bonds is 3. The van der Waals surface area contributed by atoms with Gasteiger partial charge in [-0.2, -0.15) is 0 Å². The van der Waals surface area contributed by atoms with E-state index in [9.17, 15) is 18.4 Å². The zero-order chi connectivity index (χ0) is 22.5. The Bertz CT molecular complexity index is 1250. The highest BCUT2D eigenvalue weighted by Gasteiger charge is 2.59. The van der Waals surface area contributed by atoms with Gasteiger partial charge in [0.25, 0.3) is 11.8 Å². The molecule has 1 fully saturated rings. The van der Waals surface area contributed by atoms with Crippen molar-refractivity contribution in [1.82, 2.24) is 4.90 Å². The van der Waals surface area contributed by atoms with E-state index in [1.54, 1.807) is 41.3 Å². The molecule has 2 heterocycles. The molecular weight excluding hydrogens is 454 g/mol. The Hall–Kier alpha value is -2.90. The fourth-order valence-electron chi connectivity index (χ4n) is 4.32. The van der Waals surface area contributed by atoms with Gasteiger partial charge in [-0.25, -0.2) is 8.78 Å². The molecule has 0 aliphatic carbocycles. The fourth-order valence-corrected chi connectivity index (χ4v) is 5.97. The number of anilines is 1. The second kappa shape index (κ2) is 7.90. The number of amides is 2. The molecule has 2 aliphatic heterocycles. The molecule has 1 spiro atoms. The van der Waals surface area contributed by atoms with E-state index in [2.05, 4.69) is 0 Å². The van der Waals surface area contributed by atoms with Gasteiger partial charge < -0.3 is 9.80 Å². The van der Waals surface area contributed by atoms with Crippen molar-refractivity contribution in [1.29, 1.82) is 0 Å². The summed E-state index contributed by atoms with van der Waals surface area (Å²) in [6.45, 7) is 0.318. The van der Waals surface area contributed by atoms with Crippen LogP contribution in [0.25, 0.3) is 0 Å². The predicted octanol–water partition coefficient (Wildman–Crippen LogP) is 5.21. The molecule has 1 saturated heterocycles. The van der Waals surface area contributed by atoms with Crippen molar-refractivity contribution < 1.29 is 18.4 Å². The van der Waals surface area contributed by atoms with E-state index in [-0.39, 0.29) is 23.9 Å². The molecule has 2 amide bonds. The number of halogens is 3. The van der Waals surface area contributed by atoms with Crippen LogP contribution in [0, 0.1) is 11.6 Å². The van der Waals surface area contributed by atoms with Crippen molar-refractivity contribution >= 4 is 40.9 Å². The summed E-state index contributed by atoms with van der Waals surface area (Å²) in [4.78, 5) is 29.1. The summed E-state index contributed by atoms with van der Waals surface area (Å²) in [5.74, 6) is -1.44. The minimum absolute atomic E-state index is 0.0660. The van der Waals surface area contributed by atoms with E-state index in [0.29, 0.717) is 34.1 Å². The van der Waals surface area contributed by atoms with Gasteiger partial charge in [0.05, 0.1) is 12.2 Å². The third-order valence-corrected chi connectivity index (χ3v) is 7.42. The molecular formula is C24H17ClF2N2O2S. The van der Waals surface area contributed by atoms with E-state index in [1.165, 1.54) is 28.8 Å². The molecule has 162 valence electrons. The highest BCUT2D eigenvalue weighted by atomic mass is 35.5. The highest BCUT2D eigenvalue weighted by Crippen LogP contribution is 2.54. The van der Waals surface area contributed by atoms with Gasteiger partial charge in [0.2, 0.25) is 0 Å². The van der Waals surface area contributed by atoms with Crippen molar-refractivity contribution in [2.45, 2.75) is 11.4 Å². The molecule has 0 bridgehead atoms. The van der Waals surface area contributed by atoms with Gasteiger partial charge in [-0.3, -0.25) is 9.59 Å². The summed E-state index contributed by atoms with van der Waals surface area (Å²) in [6.07, 6.45) is 0. The number of fused-ring (bicyclic) bond motifs is 2. The van der Waals surface area contributed by atoms with Crippen LogP contribution in [-0.2, 0) is 16.2 Å². The molecule has 3 aromatic rings. The topological polar surface area (TPSA) is 40.6 Å². The SMILES string of the molecule is O=C(c1cccc(Cl)c1)N1CCSC12C(=O)N(Cc1ccc(F)cc1F)c1ccccc12. The van der Waals surface area contributed by atoms with Gasteiger partial charge in [0.1, 0.15) is 11.6 Å². The van der Waals surface area contributed by atoms with Crippen LogP contribution < -0.4 is 4.90 Å². The first-order chi connectivity index (χ1) is 15.4. The number of benzene rings is 3. The Morgan fingerprint density at radius 2 is 1.88 bits per heavy atom. The molecule has 32 heavy (non-hydrogen) atoms. The lowest BCUT2D eigenvalue weighted by atomic mass is 10.0. The first kappa shape index (κ1) is 21.0. The second-order valence-electron chi connectivity index (χ2n) is 7.60. The van der Waals surface area contributed by atoms with Crippen LogP contribution in [0.2, 0.25) is 5.02 Å². The third-order valence-electron chi connectivity index (χ3n) is 5.76. The quantitative estimate of drug-likeness (QED) is 0.528. The molecule has 3 aromatic carbocycles. The first-order valence-electron chi connectivity index (χ1n) is 9.99. The average Bonchev–Trinajstić information content (AvgIpc) is 3.32. The maximum Gasteiger partial charge on any atom is 0.268 e. The number of carbonyl (C=O) groups is 2. The van der Waals surface area contributed by atoms with Gasteiger partial charge in [-0.05, 0) is 30.3 Å². The molecule has 0 radical (unpaired) electrons. The van der Waals surface area contributed by atoms with Gasteiger partial charge in [0, 0.05) is 40.1 Å². The maximum absolute atomic E-state index is 14.4. The molecule has 1 atom stereocenters. The van der Waals surface area contributed by atoms with Gasteiger partial charge >= 0.3 is 0 Å².